The Morgan fingerprint density at radius 3 is 2.56 bits per heavy atom. The summed E-state index contributed by atoms with van der Waals surface area (Å²) in [6.07, 6.45) is 7.17. The van der Waals surface area contributed by atoms with Gasteiger partial charge in [-0.1, -0.05) is 29.7 Å². The molecule has 1 saturated heterocycles. The van der Waals surface area contributed by atoms with Gasteiger partial charge in [-0.2, -0.15) is 0 Å². The van der Waals surface area contributed by atoms with Gasteiger partial charge in [-0.15, -0.1) is 6.42 Å². The normalized spacial score (nSPS) is 13.8. The Morgan fingerprint density at radius 2 is 1.91 bits per heavy atom. The third kappa shape index (κ3) is 6.18. The average Bonchev–Trinajstić information content (AvgIpc) is 2.83. The van der Waals surface area contributed by atoms with E-state index in [1.807, 2.05) is 24.3 Å². The summed E-state index contributed by atoms with van der Waals surface area (Å²) >= 11 is 6.05. The molecular weight excluding hydrogens is 428 g/mol. The molecule has 1 aliphatic rings. The number of methoxy groups -OCH3 is 1. The second-order valence-electron chi connectivity index (χ2n) is 7.59. The second-order valence-corrected chi connectivity index (χ2v) is 8.03. The van der Waals surface area contributed by atoms with E-state index in [9.17, 15) is 9.59 Å². The van der Waals surface area contributed by atoms with E-state index < -0.39 is 0 Å². The predicted molar refractivity (Wildman–Crippen MR) is 124 cm³/mol. The Kier molecular flexibility index (Phi) is 8.41. The predicted octanol–water partition coefficient (Wildman–Crippen LogP) is 3.57. The second kappa shape index (κ2) is 11.4. The molecule has 1 heterocycles. The third-order valence-electron chi connectivity index (χ3n) is 5.50. The minimum absolute atomic E-state index is 0.0337. The average molecular weight is 455 g/mol. The van der Waals surface area contributed by atoms with E-state index in [1.54, 1.807) is 23.1 Å². The molecule has 3 rings (SSSR count). The first-order valence-electron chi connectivity index (χ1n) is 10.6. The SMILES string of the molecule is C#CCOc1ccc(CCNC(=O)C2CCN(C(=O)c3cc(Cl)ccc3OC)CC2)cc1. The minimum Gasteiger partial charge on any atom is -0.496 e. The number of amides is 2. The van der Waals surface area contributed by atoms with Crippen LogP contribution in [0, 0.1) is 18.3 Å². The molecule has 7 heteroatoms. The van der Waals surface area contributed by atoms with Crippen molar-refractivity contribution in [1.29, 1.82) is 0 Å². The lowest BCUT2D eigenvalue weighted by Gasteiger charge is -2.31. The van der Waals surface area contributed by atoms with Gasteiger partial charge in [0, 0.05) is 30.6 Å². The zero-order valence-electron chi connectivity index (χ0n) is 18.1. The van der Waals surface area contributed by atoms with Crippen molar-refractivity contribution >= 4 is 23.4 Å². The van der Waals surface area contributed by atoms with Gasteiger partial charge in [-0.05, 0) is 55.2 Å². The minimum atomic E-state index is -0.127. The fourth-order valence-electron chi connectivity index (χ4n) is 3.71. The monoisotopic (exact) mass is 454 g/mol. The van der Waals surface area contributed by atoms with Crippen LogP contribution in [0.5, 0.6) is 11.5 Å². The maximum absolute atomic E-state index is 12.9. The summed E-state index contributed by atoms with van der Waals surface area (Å²) < 4.78 is 10.6. The largest absolute Gasteiger partial charge is 0.496 e. The summed E-state index contributed by atoms with van der Waals surface area (Å²) in [4.78, 5) is 27.2. The molecule has 0 radical (unpaired) electrons. The summed E-state index contributed by atoms with van der Waals surface area (Å²) in [6.45, 7) is 1.84. The number of hydrogen-bond acceptors (Lipinski definition) is 4. The number of carbonyl (C=O) groups is 2. The number of rotatable bonds is 8. The fourth-order valence-corrected chi connectivity index (χ4v) is 3.89. The summed E-state index contributed by atoms with van der Waals surface area (Å²) in [6, 6.07) is 12.7. The van der Waals surface area contributed by atoms with Crippen molar-refractivity contribution < 1.29 is 19.1 Å². The van der Waals surface area contributed by atoms with Crippen molar-refractivity contribution in [1.82, 2.24) is 10.2 Å². The maximum Gasteiger partial charge on any atom is 0.257 e. The van der Waals surface area contributed by atoms with Crippen molar-refractivity contribution in [2.75, 3.05) is 33.4 Å². The molecule has 0 saturated carbocycles. The van der Waals surface area contributed by atoms with E-state index in [4.69, 9.17) is 27.5 Å². The van der Waals surface area contributed by atoms with Crippen molar-refractivity contribution in [3.8, 4) is 23.8 Å². The molecule has 0 atom stereocenters. The van der Waals surface area contributed by atoms with Gasteiger partial charge < -0.3 is 19.7 Å². The Hall–Kier alpha value is -3.17. The summed E-state index contributed by atoms with van der Waals surface area (Å²) in [5, 5.41) is 3.50. The fraction of sp³-hybridized carbons (Fsp3) is 0.360. The van der Waals surface area contributed by atoms with Gasteiger partial charge in [0.1, 0.15) is 18.1 Å². The van der Waals surface area contributed by atoms with Gasteiger partial charge >= 0.3 is 0 Å². The van der Waals surface area contributed by atoms with Crippen LogP contribution in [0.4, 0.5) is 0 Å². The molecule has 0 unspecified atom stereocenters. The standard InChI is InChI=1S/C25H27ClN2O4/c1-3-16-32-21-7-4-18(5-8-21)10-13-27-24(29)19-11-14-28(15-12-19)25(30)22-17-20(26)6-9-23(22)31-2/h1,4-9,17,19H,10-16H2,2H3,(H,27,29). The number of carbonyl (C=O) groups excluding carboxylic acids is 2. The molecule has 2 aromatic carbocycles. The van der Waals surface area contributed by atoms with Crippen molar-refractivity contribution in [3.63, 3.8) is 0 Å². The Morgan fingerprint density at radius 1 is 1.19 bits per heavy atom. The first kappa shape index (κ1) is 23.5. The van der Waals surface area contributed by atoms with Crippen molar-refractivity contribution in [3.05, 3.63) is 58.6 Å². The molecule has 0 spiro atoms. The molecular formula is C25H27ClN2O4. The van der Waals surface area contributed by atoms with Crippen LogP contribution in [0.1, 0.15) is 28.8 Å². The molecule has 0 aliphatic carbocycles. The van der Waals surface area contributed by atoms with Gasteiger partial charge in [-0.3, -0.25) is 9.59 Å². The number of piperidine rings is 1. The first-order valence-corrected chi connectivity index (χ1v) is 11.0. The quantitative estimate of drug-likeness (QED) is 0.619. The highest BCUT2D eigenvalue weighted by molar-refractivity contribution is 6.31. The third-order valence-corrected chi connectivity index (χ3v) is 5.74. The molecule has 0 bridgehead atoms. The Balaban J connectivity index is 1.44. The van der Waals surface area contributed by atoms with Crippen LogP contribution < -0.4 is 14.8 Å². The molecule has 1 fully saturated rings. The van der Waals surface area contributed by atoms with Gasteiger partial charge in [0.05, 0.1) is 12.7 Å². The number of halogens is 1. The molecule has 168 valence electrons. The number of ether oxygens (including phenoxy) is 2. The van der Waals surface area contributed by atoms with Crippen molar-refractivity contribution in [2.45, 2.75) is 19.3 Å². The topological polar surface area (TPSA) is 67.9 Å². The van der Waals surface area contributed by atoms with Crippen LogP contribution in [0.3, 0.4) is 0 Å². The molecule has 6 nitrogen and oxygen atoms in total. The number of benzene rings is 2. The zero-order chi connectivity index (χ0) is 22.9. The molecule has 2 aromatic rings. The van der Waals surface area contributed by atoms with Crippen LogP contribution in [0.2, 0.25) is 5.02 Å². The van der Waals surface area contributed by atoms with E-state index in [-0.39, 0.29) is 24.3 Å². The van der Waals surface area contributed by atoms with E-state index in [0.29, 0.717) is 48.8 Å². The summed E-state index contributed by atoms with van der Waals surface area (Å²) in [7, 11) is 1.53. The lowest BCUT2D eigenvalue weighted by molar-refractivity contribution is -0.126. The summed E-state index contributed by atoms with van der Waals surface area (Å²) in [5.41, 5.74) is 1.55. The van der Waals surface area contributed by atoms with E-state index in [0.717, 1.165) is 17.7 Å². The number of likely N-dealkylation sites (tertiary alicyclic amines) is 1. The van der Waals surface area contributed by atoms with Crippen LogP contribution >= 0.6 is 11.6 Å². The number of nitrogens with one attached hydrogen (secondary N) is 1. The van der Waals surface area contributed by atoms with E-state index in [2.05, 4.69) is 11.2 Å². The highest BCUT2D eigenvalue weighted by atomic mass is 35.5. The van der Waals surface area contributed by atoms with Crippen LogP contribution in [0.25, 0.3) is 0 Å². The van der Waals surface area contributed by atoms with Gasteiger partial charge in [0.25, 0.3) is 5.91 Å². The molecule has 2 amide bonds. The lowest BCUT2D eigenvalue weighted by Crippen LogP contribution is -2.43. The van der Waals surface area contributed by atoms with Crippen LogP contribution in [0.15, 0.2) is 42.5 Å². The molecule has 1 N–H and O–H groups in total. The Labute approximate surface area is 193 Å². The number of nitrogens with zero attached hydrogens (tertiary/aromatic N) is 1. The smallest absolute Gasteiger partial charge is 0.257 e. The number of hydrogen-bond donors (Lipinski definition) is 1. The highest BCUT2D eigenvalue weighted by Gasteiger charge is 2.28. The lowest BCUT2D eigenvalue weighted by atomic mass is 9.95. The zero-order valence-corrected chi connectivity index (χ0v) is 18.9. The number of terminal acetylenes is 1. The van der Waals surface area contributed by atoms with Crippen LogP contribution in [-0.2, 0) is 11.2 Å². The van der Waals surface area contributed by atoms with E-state index >= 15 is 0 Å². The van der Waals surface area contributed by atoms with Gasteiger partial charge in [0.15, 0.2) is 0 Å². The highest BCUT2D eigenvalue weighted by Crippen LogP contribution is 2.26. The molecule has 1 aliphatic heterocycles. The van der Waals surface area contributed by atoms with Crippen LogP contribution in [-0.4, -0.2) is 50.1 Å². The molecule has 0 aromatic heterocycles. The first-order chi connectivity index (χ1) is 15.5. The summed E-state index contributed by atoms with van der Waals surface area (Å²) in [5.74, 6) is 3.46. The van der Waals surface area contributed by atoms with E-state index in [1.165, 1.54) is 7.11 Å². The van der Waals surface area contributed by atoms with Crippen molar-refractivity contribution in [2.24, 2.45) is 5.92 Å². The van der Waals surface area contributed by atoms with Gasteiger partial charge in [-0.25, -0.2) is 0 Å². The van der Waals surface area contributed by atoms with Gasteiger partial charge in [0.2, 0.25) is 5.91 Å². The Bertz CT molecular complexity index is 976. The maximum atomic E-state index is 12.9. The molecule has 32 heavy (non-hydrogen) atoms.